The Morgan fingerprint density at radius 2 is 1.58 bits per heavy atom. The highest BCUT2D eigenvalue weighted by molar-refractivity contribution is 6.30. The van der Waals surface area contributed by atoms with Crippen molar-refractivity contribution < 1.29 is 4.74 Å². The summed E-state index contributed by atoms with van der Waals surface area (Å²) >= 11 is 6.12. The van der Waals surface area contributed by atoms with Crippen LogP contribution in [0.1, 0.15) is 48.1 Å². The summed E-state index contributed by atoms with van der Waals surface area (Å²) in [6.45, 7) is 5.21. The topological polar surface area (TPSA) is 12.5 Å². The van der Waals surface area contributed by atoms with Crippen LogP contribution in [0.2, 0.25) is 5.02 Å². The van der Waals surface area contributed by atoms with Gasteiger partial charge < -0.3 is 4.74 Å². The Balaban J connectivity index is 1.39. The van der Waals surface area contributed by atoms with Crippen LogP contribution in [0.5, 0.6) is 0 Å². The fourth-order valence-electron chi connectivity index (χ4n) is 4.45. The van der Waals surface area contributed by atoms with E-state index in [0.717, 1.165) is 43.1 Å². The van der Waals surface area contributed by atoms with E-state index in [1.165, 1.54) is 29.5 Å². The molecule has 0 amide bonds. The van der Waals surface area contributed by atoms with Crippen molar-refractivity contribution in [2.75, 3.05) is 19.7 Å². The van der Waals surface area contributed by atoms with E-state index >= 15 is 0 Å². The molecule has 3 aromatic carbocycles. The van der Waals surface area contributed by atoms with Gasteiger partial charge in [0.1, 0.15) is 6.10 Å². The highest BCUT2D eigenvalue weighted by Gasteiger charge is 2.26. The van der Waals surface area contributed by atoms with E-state index in [1.807, 2.05) is 18.2 Å². The van der Waals surface area contributed by atoms with Crippen LogP contribution in [0.15, 0.2) is 78.9 Å². The van der Waals surface area contributed by atoms with Crippen LogP contribution in [0.25, 0.3) is 0 Å². The lowest BCUT2D eigenvalue weighted by Crippen LogP contribution is -2.35. The van der Waals surface area contributed by atoms with Gasteiger partial charge in [0.2, 0.25) is 0 Å². The summed E-state index contributed by atoms with van der Waals surface area (Å²) in [5.41, 5.74) is 5.17. The van der Waals surface area contributed by atoms with Crippen LogP contribution in [0.3, 0.4) is 0 Å². The highest BCUT2D eigenvalue weighted by Crippen LogP contribution is 2.29. The van der Waals surface area contributed by atoms with Crippen molar-refractivity contribution in [2.45, 2.75) is 44.8 Å². The van der Waals surface area contributed by atoms with Crippen molar-refractivity contribution in [2.24, 2.45) is 0 Å². The molecule has 4 rings (SSSR count). The van der Waals surface area contributed by atoms with Gasteiger partial charge in [-0.05, 0) is 66.6 Å². The number of likely N-dealkylation sites (tertiary alicyclic amines) is 1. The molecule has 31 heavy (non-hydrogen) atoms. The van der Waals surface area contributed by atoms with E-state index in [1.54, 1.807) is 0 Å². The summed E-state index contributed by atoms with van der Waals surface area (Å²) in [6, 6.07) is 28.1. The molecule has 0 spiro atoms. The lowest BCUT2D eigenvalue weighted by atomic mass is 10.0. The molecule has 1 heterocycles. The summed E-state index contributed by atoms with van der Waals surface area (Å²) in [5, 5.41) is 0.754. The molecule has 1 saturated heterocycles. The minimum absolute atomic E-state index is 0.0671. The second-order valence-electron chi connectivity index (χ2n) is 8.43. The molecule has 0 aliphatic carbocycles. The molecular weight excluding hydrogens is 402 g/mol. The summed E-state index contributed by atoms with van der Waals surface area (Å²) in [4.78, 5) is 2.61. The molecule has 0 radical (unpaired) electrons. The standard InChI is InChI=1S/C28H32ClNO/c1-2-22-10-12-23(13-11-22)18-20-30-19-6-9-27(30)21-31-28(24-7-4-3-5-8-24)25-14-16-26(29)17-15-25/h3-5,7-8,10-17,27-28H,2,6,9,18-21H2,1H3. The van der Waals surface area contributed by atoms with Crippen LogP contribution >= 0.6 is 11.6 Å². The van der Waals surface area contributed by atoms with Crippen LogP contribution in [-0.2, 0) is 17.6 Å². The van der Waals surface area contributed by atoms with Crippen molar-refractivity contribution in [3.05, 3.63) is 106 Å². The first-order chi connectivity index (χ1) is 15.2. The first kappa shape index (κ1) is 22.1. The van der Waals surface area contributed by atoms with Crippen molar-refractivity contribution >= 4 is 11.6 Å². The fourth-order valence-corrected chi connectivity index (χ4v) is 4.58. The molecule has 0 aromatic heterocycles. The summed E-state index contributed by atoms with van der Waals surface area (Å²) in [7, 11) is 0. The van der Waals surface area contributed by atoms with Crippen molar-refractivity contribution in [1.82, 2.24) is 4.90 Å². The minimum Gasteiger partial charge on any atom is -0.367 e. The average Bonchev–Trinajstić information content (AvgIpc) is 3.27. The van der Waals surface area contributed by atoms with Gasteiger partial charge in [-0.3, -0.25) is 4.90 Å². The van der Waals surface area contributed by atoms with Gasteiger partial charge in [0, 0.05) is 17.6 Å². The third-order valence-electron chi connectivity index (χ3n) is 6.35. The van der Waals surface area contributed by atoms with Crippen LogP contribution in [-0.4, -0.2) is 30.6 Å². The third kappa shape index (κ3) is 5.98. The van der Waals surface area contributed by atoms with Crippen molar-refractivity contribution in [3.8, 4) is 0 Å². The second kappa shape index (κ2) is 10.9. The summed E-state index contributed by atoms with van der Waals surface area (Å²) < 4.78 is 6.57. The molecule has 0 saturated carbocycles. The van der Waals surface area contributed by atoms with Gasteiger partial charge in [0.25, 0.3) is 0 Å². The monoisotopic (exact) mass is 433 g/mol. The maximum atomic E-state index is 6.57. The Bertz CT molecular complexity index is 923. The molecule has 2 nitrogen and oxygen atoms in total. The Kier molecular flexibility index (Phi) is 7.80. The SMILES string of the molecule is CCc1ccc(CCN2CCCC2COC(c2ccccc2)c2ccc(Cl)cc2)cc1. The van der Waals surface area contributed by atoms with E-state index in [2.05, 4.69) is 72.5 Å². The van der Waals surface area contributed by atoms with Gasteiger partial charge in [-0.2, -0.15) is 0 Å². The fraction of sp³-hybridized carbons (Fsp3) is 0.357. The molecule has 162 valence electrons. The minimum atomic E-state index is -0.0671. The Morgan fingerprint density at radius 1 is 0.903 bits per heavy atom. The van der Waals surface area contributed by atoms with Gasteiger partial charge in [-0.1, -0.05) is 85.3 Å². The van der Waals surface area contributed by atoms with Gasteiger partial charge >= 0.3 is 0 Å². The van der Waals surface area contributed by atoms with E-state index < -0.39 is 0 Å². The lowest BCUT2D eigenvalue weighted by molar-refractivity contribution is 0.0381. The first-order valence-corrected chi connectivity index (χ1v) is 11.8. The smallest absolute Gasteiger partial charge is 0.108 e. The van der Waals surface area contributed by atoms with Gasteiger partial charge in [0.05, 0.1) is 6.61 Å². The maximum absolute atomic E-state index is 6.57. The number of ether oxygens (including phenoxy) is 1. The normalized spacial score (nSPS) is 17.7. The van der Waals surface area contributed by atoms with Crippen LogP contribution < -0.4 is 0 Å². The first-order valence-electron chi connectivity index (χ1n) is 11.5. The molecular formula is C28H32ClNO. The predicted octanol–water partition coefficient (Wildman–Crippen LogP) is 6.72. The highest BCUT2D eigenvalue weighted by atomic mass is 35.5. The number of rotatable bonds is 9. The average molecular weight is 434 g/mol. The number of nitrogens with zero attached hydrogens (tertiary/aromatic N) is 1. The number of hydrogen-bond donors (Lipinski definition) is 0. The predicted molar refractivity (Wildman–Crippen MR) is 130 cm³/mol. The Hall–Kier alpha value is -2.13. The zero-order valence-corrected chi connectivity index (χ0v) is 19.1. The van der Waals surface area contributed by atoms with E-state index in [0.29, 0.717) is 6.04 Å². The zero-order chi connectivity index (χ0) is 21.5. The van der Waals surface area contributed by atoms with Crippen LogP contribution in [0.4, 0.5) is 0 Å². The molecule has 0 N–H and O–H groups in total. The number of hydrogen-bond acceptors (Lipinski definition) is 2. The van der Waals surface area contributed by atoms with Crippen molar-refractivity contribution in [3.63, 3.8) is 0 Å². The summed E-state index contributed by atoms with van der Waals surface area (Å²) in [5.74, 6) is 0. The molecule has 1 aliphatic heterocycles. The molecule has 1 aliphatic rings. The van der Waals surface area contributed by atoms with Crippen LogP contribution in [0, 0.1) is 0 Å². The molecule has 1 fully saturated rings. The largest absolute Gasteiger partial charge is 0.367 e. The quantitative estimate of drug-likeness (QED) is 0.371. The second-order valence-corrected chi connectivity index (χ2v) is 8.86. The molecule has 2 atom stereocenters. The molecule has 0 bridgehead atoms. The van der Waals surface area contributed by atoms with E-state index in [-0.39, 0.29) is 6.10 Å². The summed E-state index contributed by atoms with van der Waals surface area (Å²) in [6.07, 6.45) is 4.58. The van der Waals surface area contributed by atoms with Gasteiger partial charge in [0.15, 0.2) is 0 Å². The molecule has 3 aromatic rings. The molecule has 3 heteroatoms. The number of aryl methyl sites for hydroxylation is 1. The van der Waals surface area contributed by atoms with Crippen molar-refractivity contribution in [1.29, 1.82) is 0 Å². The van der Waals surface area contributed by atoms with Gasteiger partial charge in [-0.15, -0.1) is 0 Å². The number of benzene rings is 3. The Labute approximate surface area is 191 Å². The number of halogens is 1. The molecule has 2 unspecified atom stereocenters. The van der Waals surface area contributed by atoms with E-state index in [9.17, 15) is 0 Å². The van der Waals surface area contributed by atoms with E-state index in [4.69, 9.17) is 16.3 Å². The Morgan fingerprint density at radius 3 is 2.29 bits per heavy atom. The zero-order valence-electron chi connectivity index (χ0n) is 18.3. The third-order valence-corrected chi connectivity index (χ3v) is 6.60. The van der Waals surface area contributed by atoms with Gasteiger partial charge in [-0.25, -0.2) is 0 Å². The maximum Gasteiger partial charge on any atom is 0.108 e. The lowest BCUT2D eigenvalue weighted by Gasteiger charge is -2.27.